The fraction of sp³-hybridized carbons (Fsp3) is 0.167. The minimum atomic E-state index is -0.491. The Kier molecular flexibility index (Phi) is 4.64. The molecule has 0 aliphatic carbocycles. The van der Waals surface area contributed by atoms with Gasteiger partial charge < -0.3 is 14.5 Å². The molecule has 0 saturated carbocycles. The largest absolute Gasteiger partial charge is 0.488 e. The van der Waals surface area contributed by atoms with Crippen molar-refractivity contribution < 1.29 is 19.1 Å². The number of ether oxygens (including phenoxy) is 2. The van der Waals surface area contributed by atoms with E-state index >= 15 is 0 Å². The minimum absolute atomic E-state index is 0.224. The summed E-state index contributed by atoms with van der Waals surface area (Å²) in [4.78, 5) is 30.0. The molecule has 5 rings (SSSR count). The van der Waals surface area contributed by atoms with Crippen molar-refractivity contribution >= 4 is 34.0 Å². The number of esters is 1. The smallest absolute Gasteiger partial charge is 0.348 e. The summed E-state index contributed by atoms with van der Waals surface area (Å²) < 4.78 is 11.1. The molecule has 2 aromatic carbocycles. The first-order valence-electron chi connectivity index (χ1n) is 9.80. The molecular weight excluding hydrogens is 398 g/mol. The Morgan fingerprint density at radius 2 is 2.03 bits per heavy atom. The SMILES string of the molecule is CCc1cccc2c(C(=O)COC(=O)c3cc4c(s3)-c3ccccc3OC4)c[nH]c12. The zero-order valence-corrected chi connectivity index (χ0v) is 17.2. The van der Waals surface area contributed by atoms with Crippen LogP contribution in [0.3, 0.4) is 0 Å². The maximum atomic E-state index is 12.7. The van der Waals surface area contributed by atoms with Crippen molar-refractivity contribution in [3.63, 3.8) is 0 Å². The van der Waals surface area contributed by atoms with Crippen molar-refractivity contribution in [3.05, 3.63) is 76.3 Å². The predicted octanol–water partition coefficient (Wildman–Crippen LogP) is 5.39. The van der Waals surface area contributed by atoms with Crippen LogP contribution in [0.1, 0.15) is 38.1 Å². The van der Waals surface area contributed by atoms with E-state index < -0.39 is 5.97 Å². The molecule has 0 unspecified atom stereocenters. The molecule has 2 aromatic heterocycles. The molecule has 150 valence electrons. The van der Waals surface area contributed by atoms with E-state index in [1.165, 1.54) is 11.3 Å². The fourth-order valence-corrected chi connectivity index (χ4v) is 4.91. The maximum Gasteiger partial charge on any atom is 0.348 e. The van der Waals surface area contributed by atoms with Gasteiger partial charge in [-0.25, -0.2) is 4.79 Å². The van der Waals surface area contributed by atoms with Crippen molar-refractivity contribution in [1.29, 1.82) is 0 Å². The number of carbonyl (C=O) groups is 2. The van der Waals surface area contributed by atoms with Crippen LogP contribution in [0, 0.1) is 0 Å². The highest BCUT2D eigenvalue weighted by atomic mass is 32.1. The number of thiophene rings is 1. The van der Waals surface area contributed by atoms with Gasteiger partial charge >= 0.3 is 5.97 Å². The quantitative estimate of drug-likeness (QED) is 0.349. The lowest BCUT2D eigenvalue weighted by molar-refractivity contribution is 0.0480. The van der Waals surface area contributed by atoms with Gasteiger partial charge in [0.15, 0.2) is 6.61 Å². The summed E-state index contributed by atoms with van der Waals surface area (Å²) in [6.07, 6.45) is 2.56. The fourth-order valence-electron chi connectivity index (χ4n) is 3.82. The molecule has 1 aliphatic rings. The van der Waals surface area contributed by atoms with Crippen LogP contribution in [0.4, 0.5) is 0 Å². The molecule has 5 nitrogen and oxygen atoms in total. The van der Waals surface area contributed by atoms with E-state index in [1.807, 2.05) is 42.5 Å². The van der Waals surface area contributed by atoms with Crippen molar-refractivity contribution in [1.82, 2.24) is 4.98 Å². The molecule has 0 bridgehead atoms. The second kappa shape index (κ2) is 7.46. The Hall–Kier alpha value is -3.38. The third-order valence-electron chi connectivity index (χ3n) is 5.34. The number of para-hydroxylation sites is 2. The minimum Gasteiger partial charge on any atom is -0.488 e. The molecular formula is C24H19NO4S. The number of aromatic amines is 1. The van der Waals surface area contributed by atoms with Crippen LogP contribution >= 0.6 is 11.3 Å². The van der Waals surface area contributed by atoms with Crippen molar-refractivity contribution in [2.45, 2.75) is 20.0 Å². The number of ketones is 1. The molecule has 1 aliphatic heterocycles. The highest BCUT2D eigenvalue weighted by molar-refractivity contribution is 7.17. The Morgan fingerprint density at radius 1 is 1.17 bits per heavy atom. The van der Waals surface area contributed by atoms with Crippen molar-refractivity contribution in [3.8, 4) is 16.2 Å². The lowest BCUT2D eigenvalue weighted by atomic mass is 10.1. The molecule has 3 heterocycles. The van der Waals surface area contributed by atoms with Gasteiger partial charge in [0.05, 0.1) is 0 Å². The van der Waals surface area contributed by atoms with Gasteiger partial charge in [-0.3, -0.25) is 4.79 Å². The van der Waals surface area contributed by atoms with E-state index in [9.17, 15) is 9.59 Å². The third kappa shape index (κ3) is 3.09. The normalized spacial score (nSPS) is 12.2. The standard InChI is InChI=1S/C24H19NO4S/c1-2-14-6-5-8-16-18(11-25-22(14)16)19(26)13-29-24(27)21-10-15-12-28-20-9-4-3-7-17(20)23(15)30-21/h3-11,25H,2,12-13H2,1H3. The summed E-state index contributed by atoms with van der Waals surface area (Å²) in [6.45, 7) is 2.20. The molecule has 1 N–H and O–H groups in total. The van der Waals surface area contributed by atoms with Gasteiger partial charge in [0.25, 0.3) is 0 Å². The van der Waals surface area contributed by atoms with E-state index in [2.05, 4.69) is 11.9 Å². The van der Waals surface area contributed by atoms with Crippen molar-refractivity contribution in [2.75, 3.05) is 6.61 Å². The number of benzene rings is 2. The summed E-state index contributed by atoms with van der Waals surface area (Å²) in [5.74, 6) is 0.0971. The summed E-state index contributed by atoms with van der Waals surface area (Å²) >= 11 is 1.37. The third-order valence-corrected chi connectivity index (χ3v) is 6.53. The van der Waals surface area contributed by atoms with E-state index in [-0.39, 0.29) is 12.4 Å². The number of hydrogen-bond donors (Lipinski definition) is 1. The van der Waals surface area contributed by atoms with Crippen LogP contribution in [0.25, 0.3) is 21.3 Å². The predicted molar refractivity (Wildman–Crippen MR) is 116 cm³/mol. The van der Waals surface area contributed by atoms with E-state index in [0.717, 1.165) is 44.6 Å². The molecule has 0 amide bonds. The summed E-state index contributed by atoms with van der Waals surface area (Å²) in [5.41, 5.74) is 4.58. The van der Waals surface area contributed by atoms with Gasteiger partial charge in [0.1, 0.15) is 17.2 Å². The highest BCUT2D eigenvalue weighted by Crippen LogP contribution is 2.42. The van der Waals surface area contributed by atoms with E-state index in [1.54, 1.807) is 12.3 Å². The summed E-state index contributed by atoms with van der Waals surface area (Å²) in [5, 5.41) is 0.857. The number of aromatic nitrogens is 1. The first-order valence-corrected chi connectivity index (χ1v) is 10.6. The van der Waals surface area contributed by atoms with Gasteiger partial charge in [0.2, 0.25) is 5.78 Å². The number of aryl methyl sites for hydroxylation is 1. The lowest BCUT2D eigenvalue weighted by Gasteiger charge is -2.16. The van der Waals surface area contributed by atoms with E-state index in [0.29, 0.717) is 17.0 Å². The Morgan fingerprint density at radius 3 is 2.90 bits per heavy atom. The monoisotopic (exact) mass is 417 g/mol. The Labute approximate surface area is 177 Å². The molecule has 0 radical (unpaired) electrons. The summed E-state index contributed by atoms with van der Waals surface area (Å²) in [6, 6.07) is 15.4. The zero-order chi connectivity index (χ0) is 20.7. The molecule has 0 fully saturated rings. The number of Topliss-reactive ketones (excluding diaryl/α,β-unsaturated/α-hetero) is 1. The highest BCUT2D eigenvalue weighted by Gasteiger charge is 2.24. The van der Waals surface area contributed by atoms with Crippen LogP contribution in [-0.2, 0) is 17.8 Å². The van der Waals surface area contributed by atoms with Crippen LogP contribution < -0.4 is 4.74 Å². The van der Waals surface area contributed by atoms with Crippen LogP contribution in [0.5, 0.6) is 5.75 Å². The molecule has 0 saturated heterocycles. The Bertz CT molecular complexity index is 1280. The lowest BCUT2D eigenvalue weighted by Crippen LogP contribution is -2.13. The molecule has 4 aromatic rings. The first kappa shape index (κ1) is 18.6. The van der Waals surface area contributed by atoms with Gasteiger partial charge in [0, 0.05) is 38.7 Å². The number of nitrogens with one attached hydrogen (secondary N) is 1. The maximum absolute atomic E-state index is 12.7. The number of hydrogen-bond acceptors (Lipinski definition) is 5. The van der Waals surface area contributed by atoms with Gasteiger partial charge in [-0.15, -0.1) is 11.3 Å². The zero-order valence-electron chi connectivity index (χ0n) is 16.4. The van der Waals surface area contributed by atoms with Gasteiger partial charge in [-0.1, -0.05) is 37.3 Å². The topological polar surface area (TPSA) is 68.4 Å². The average Bonchev–Trinajstić information content (AvgIpc) is 3.41. The average molecular weight is 417 g/mol. The van der Waals surface area contributed by atoms with Crippen LogP contribution in [0.15, 0.2) is 54.7 Å². The molecule has 0 spiro atoms. The number of fused-ring (bicyclic) bond motifs is 4. The number of H-pyrrole nitrogens is 1. The van der Waals surface area contributed by atoms with Gasteiger partial charge in [-0.2, -0.15) is 0 Å². The number of rotatable bonds is 5. The Balaban J connectivity index is 1.33. The molecule has 0 atom stereocenters. The molecule has 30 heavy (non-hydrogen) atoms. The molecule has 6 heteroatoms. The second-order valence-corrected chi connectivity index (χ2v) is 8.20. The van der Waals surface area contributed by atoms with Crippen LogP contribution in [-0.4, -0.2) is 23.3 Å². The summed E-state index contributed by atoms with van der Waals surface area (Å²) in [7, 11) is 0. The van der Waals surface area contributed by atoms with Crippen molar-refractivity contribution in [2.24, 2.45) is 0 Å². The van der Waals surface area contributed by atoms with Crippen LogP contribution in [0.2, 0.25) is 0 Å². The number of carbonyl (C=O) groups excluding carboxylic acids is 2. The first-order chi connectivity index (χ1) is 14.7. The second-order valence-electron chi connectivity index (χ2n) is 7.14. The van der Waals surface area contributed by atoms with E-state index in [4.69, 9.17) is 9.47 Å². The van der Waals surface area contributed by atoms with Gasteiger partial charge in [-0.05, 0) is 30.2 Å².